The zero-order valence-corrected chi connectivity index (χ0v) is 11.7. The number of rotatable bonds is 5. The molecule has 0 bridgehead atoms. The quantitative estimate of drug-likeness (QED) is 0.865. The van der Waals surface area contributed by atoms with E-state index in [4.69, 9.17) is 0 Å². The van der Waals surface area contributed by atoms with E-state index < -0.39 is 0 Å². The molecule has 0 aromatic carbocycles. The Labute approximate surface area is 111 Å². The predicted molar refractivity (Wildman–Crippen MR) is 75.6 cm³/mol. The van der Waals surface area contributed by atoms with Gasteiger partial charge in [-0.3, -0.25) is 9.88 Å². The van der Waals surface area contributed by atoms with E-state index in [1.54, 1.807) is 0 Å². The van der Waals surface area contributed by atoms with Crippen LogP contribution < -0.4 is 5.32 Å². The molecule has 0 spiro atoms. The number of aryl methyl sites for hydroxylation is 1. The smallest absolute Gasteiger partial charge is 0.0372 e. The van der Waals surface area contributed by atoms with Crippen LogP contribution in [0.4, 0.5) is 0 Å². The molecule has 0 amide bonds. The third-order valence-electron chi connectivity index (χ3n) is 3.72. The molecule has 100 valence electrons. The van der Waals surface area contributed by atoms with Gasteiger partial charge in [0.15, 0.2) is 0 Å². The van der Waals surface area contributed by atoms with Gasteiger partial charge in [0.25, 0.3) is 0 Å². The van der Waals surface area contributed by atoms with Gasteiger partial charge in [0.2, 0.25) is 0 Å². The maximum atomic E-state index is 4.37. The van der Waals surface area contributed by atoms with Crippen LogP contribution in [0.15, 0.2) is 18.3 Å². The molecule has 2 heterocycles. The third-order valence-corrected chi connectivity index (χ3v) is 3.72. The van der Waals surface area contributed by atoms with Gasteiger partial charge in [-0.15, -0.1) is 0 Å². The molecule has 1 aliphatic rings. The van der Waals surface area contributed by atoms with Crippen LogP contribution in [0.1, 0.15) is 37.4 Å². The van der Waals surface area contributed by atoms with Gasteiger partial charge < -0.3 is 5.32 Å². The summed E-state index contributed by atoms with van der Waals surface area (Å²) in [6, 6.07) is 4.97. The monoisotopic (exact) mass is 247 g/mol. The van der Waals surface area contributed by atoms with Crippen LogP contribution in [0, 0.1) is 6.92 Å². The Morgan fingerprint density at radius 3 is 2.89 bits per heavy atom. The van der Waals surface area contributed by atoms with Crippen LogP contribution in [0.5, 0.6) is 0 Å². The van der Waals surface area contributed by atoms with Crippen molar-refractivity contribution in [2.45, 2.75) is 45.7 Å². The predicted octanol–water partition coefficient (Wildman–Crippen LogP) is 2.35. The van der Waals surface area contributed by atoms with Gasteiger partial charge in [-0.2, -0.15) is 0 Å². The molecule has 0 aliphatic carbocycles. The van der Waals surface area contributed by atoms with E-state index in [2.05, 4.69) is 34.3 Å². The van der Waals surface area contributed by atoms with Crippen LogP contribution in [-0.4, -0.2) is 35.6 Å². The summed E-state index contributed by atoms with van der Waals surface area (Å²) in [5.41, 5.74) is 2.41. The zero-order valence-electron chi connectivity index (χ0n) is 11.7. The molecule has 1 atom stereocenters. The van der Waals surface area contributed by atoms with Gasteiger partial charge in [0.05, 0.1) is 0 Å². The summed E-state index contributed by atoms with van der Waals surface area (Å²) >= 11 is 0. The normalized spacial score (nSPS) is 20.3. The molecule has 1 aromatic rings. The fourth-order valence-corrected chi connectivity index (χ4v) is 2.55. The SMILES string of the molecule is CCN(Cc1ccc(C)nc1)CC1CCCCN1. The number of hydrogen-bond acceptors (Lipinski definition) is 3. The average Bonchev–Trinajstić information content (AvgIpc) is 2.41. The Kier molecular flexibility index (Phi) is 5.14. The highest BCUT2D eigenvalue weighted by Gasteiger charge is 2.15. The lowest BCUT2D eigenvalue weighted by Crippen LogP contribution is -2.43. The lowest BCUT2D eigenvalue weighted by atomic mass is 10.0. The first-order chi connectivity index (χ1) is 8.78. The number of hydrogen-bond donors (Lipinski definition) is 1. The maximum absolute atomic E-state index is 4.37. The topological polar surface area (TPSA) is 28.2 Å². The number of nitrogens with zero attached hydrogens (tertiary/aromatic N) is 2. The number of pyridine rings is 1. The van der Waals surface area contributed by atoms with Crippen molar-refractivity contribution >= 4 is 0 Å². The lowest BCUT2D eigenvalue weighted by molar-refractivity contribution is 0.226. The van der Waals surface area contributed by atoms with Crippen molar-refractivity contribution in [1.29, 1.82) is 0 Å². The fourth-order valence-electron chi connectivity index (χ4n) is 2.55. The van der Waals surface area contributed by atoms with Crippen molar-refractivity contribution in [3.05, 3.63) is 29.6 Å². The highest BCUT2D eigenvalue weighted by atomic mass is 15.1. The Balaban J connectivity index is 1.86. The highest BCUT2D eigenvalue weighted by Crippen LogP contribution is 2.11. The molecule has 2 rings (SSSR count). The van der Waals surface area contributed by atoms with Gasteiger partial charge in [-0.25, -0.2) is 0 Å². The zero-order chi connectivity index (χ0) is 12.8. The molecule has 1 fully saturated rings. The molecule has 3 nitrogen and oxygen atoms in total. The maximum Gasteiger partial charge on any atom is 0.0372 e. The van der Waals surface area contributed by atoms with Gasteiger partial charge in [0, 0.05) is 31.0 Å². The summed E-state index contributed by atoms with van der Waals surface area (Å²) < 4.78 is 0. The van der Waals surface area contributed by atoms with Crippen LogP contribution in [0.2, 0.25) is 0 Å². The first-order valence-electron chi connectivity index (χ1n) is 7.15. The Morgan fingerprint density at radius 2 is 2.28 bits per heavy atom. The minimum atomic E-state index is 0.678. The van der Waals surface area contributed by atoms with E-state index in [0.717, 1.165) is 25.3 Å². The molecular formula is C15H25N3. The fraction of sp³-hybridized carbons (Fsp3) is 0.667. The minimum Gasteiger partial charge on any atom is -0.313 e. The lowest BCUT2D eigenvalue weighted by Gasteiger charge is -2.29. The van der Waals surface area contributed by atoms with E-state index >= 15 is 0 Å². The number of piperidine rings is 1. The first-order valence-corrected chi connectivity index (χ1v) is 7.15. The molecule has 1 N–H and O–H groups in total. The largest absolute Gasteiger partial charge is 0.313 e. The van der Waals surface area contributed by atoms with Crippen molar-refractivity contribution in [2.75, 3.05) is 19.6 Å². The van der Waals surface area contributed by atoms with Crippen molar-refractivity contribution in [1.82, 2.24) is 15.2 Å². The van der Waals surface area contributed by atoms with Gasteiger partial charge in [0.1, 0.15) is 0 Å². The number of aromatic nitrogens is 1. The third kappa shape index (κ3) is 4.07. The van der Waals surface area contributed by atoms with E-state index in [1.165, 1.54) is 31.4 Å². The molecule has 0 saturated carbocycles. The van der Waals surface area contributed by atoms with E-state index in [0.29, 0.717) is 6.04 Å². The minimum absolute atomic E-state index is 0.678. The van der Waals surface area contributed by atoms with E-state index in [-0.39, 0.29) is 0 Å². The van der Waals surface area contributed by atoms with E-state index in [9.17, 15) is 0 Å². The molecule has 18 heavy (non-hydrogen) atoms. The molecule has 1 saturated heterocycles. The molecule has 1 aromatic heterocycles. The Hall–Kier alpha value is -0.930. The summed E-state index contributed by atoms with van der Waals surface area (Å²) in [7, 11) is 0. The number of likely N-dealkylation sites (N-methyl/N-ethyl adjacent to an activating group) is 1. The second-order valence-corrected chi connectivity index (χ2v) is 5.28. The van der Waals surface area contributed by atoms with Crippen molar-refractivity contribution in [3.8, 4) is 0 Å². The molecule has 1 unspecified atom stereocenters. The summed E-state index contributed by atoms with van der Waals surface area (Å²) in [4.78, 5) is 6.88. The average molecular weight is 247 g/mol. The van der Waals surface area contributed by atoms with Gasteiger partial charge >= 0.3 is 0 Å². The summed E-state index contributed by atoms with van der Waals surface area (Å²) in [6.07, 6.45) is 6.04. The Morgan fingerprint density at radius 1 is 1.39 bits per heavy atom. The highest BCUT2D eigenvalue weighted by molar-refractivity contribution is 5.12. The molecular weight excluding hydrogens is 222 g/mol. The van der Waals surface area contributed by atoms with Gasteiger partial charge in [-0.05, 0) is 44.5 Å². The van der Waals surface area contributed by atoms with Crippen LogP contribution in [0.25, 0.3) is 0 Å². The Bertz CT molecular complexity index is 341. The van der Waals surface area contributed by atoms with Crippen molar-refractivity contribution in [3.63, 3.8) is 0 Å². The standard InChI is InChI=1S/C15H25N3/c1-3-18(12-15-6-4-5-9-16-15)11-14-8-7-13(2)17-10-14/h7-8,10,15-16H,3-6,9,11-12H2,1-2H3. The first kappa shape index (κ1) is 13.5. The second kappa shape index (κ2) is 6.86. The van der Waals surface area contributed by atoms with Crippen molar-refractivity contribution < 1.29 is 0 Å². The summed E-state index contributed by atoms with van der Waals surface area (Å²) in [5, 5.41) is 3.62. The molecule has 1 aliphatic heterocycles. The van der Waals surface area contributed by atoms with Crippen LogP contribution in [0.3, 0.4) is 0 Å². The van der Waals surface area contributed by atoms with Crippen molar-refractivity contribution in [2.24, 2.45) is 0 Å². The van der Waals surface area contributed by atoms with Crippen LogP contribution >= 0.6 is 0 Å². The second-order valence-electron chi connectivity index (χ2n) is 5.28. The molecule has 0 radical (unpaired) electrons. The molecule has 3 heteroatoms. The summed E-state index contributed by atoms with van der Waals surface area (Å²) in [6.45, 7) is 8.74. The van der Waals surface area contributed by atoms with E-state index in [1.807, 2.05) is 13.1 Å². The number of nitrogens with one attached hydrogen (secondary N) is 1. The van der Waals surface area contributed by atoms with Gasteiger partial charge in [-0.1, -0.05) is 19.4 Å². The summed E-state index contributed by atoms with van der Waals surface area (Å²) in [5.74, 6) is 0. The van der Waals surface area contributed by atoms with Crippen LogP contribution in [-0.2, 0) is 6.54 Å².